The molecule has 0 atom stereocenters. The van der Waals surface area contributed by atoms with Crippen molar-refractivity contribution in [2.45, 2.75) is 26.2 Å². The quantitative estimate of drug-likeness (QED) is 0.733. The molecule has 5 nitrogen and oxygen atoms in total. The zero-order chi connectivity index (χ0) is 13.5. The zero-order valence-electron chi connectivity index (χ0n) is 11.0. The number of hydrogen-bond donors (Lipinski definition) is 3. The van der Waals surface area contributed by atoms with Crippen LogP contribution in [-0.4, -0.2) is 16.5 Å². The molecule has 0 amide bonds. The molecule has 1 heterocycles. The Labute approximate surface area is 111 Å². The fourth-order valence-corrected chi connectivity index (χ4v) is 2.34. The van der Waals surface area contributed by atoms with Crippen LogP contribution in [0.5, 0.6) is 0 Å². The summed E-state index contributed by atoms with van der Waals surface area (Å²) in [4.78, 5) is 19.2. The highest BCUT2D eigenvalue weighted by atomic mass is 16.1. The minimum absolute atomic E-state index is 0.152. The van der Waals surface area contributed by atoms with Crippen LogP contribution in [0.1, 0.15) is 26.2 Å². The molecule has 1 aliphatic carbocycles. The Bertz CT molecular complexity index is 673. The van der Waals surface area contributed by atoms with Crippen LogP contribution in [0.15, 0.2) is 23.0 Å². The van der Waals surface area contributed by atoms with Crippen LogP contribution in [-0.2, 0) is 0 Å². The largest absolute Gasteiger partial charge is 0.399 e. The molecular formula is C14H18N4O. The summed E-state index contributed by atoms with van der Waals surface area (Å²) in [7, 11) is 0. The van der Waals surface area contributed by atoms with Gasteiger partial charge in [0.25, 0.3) is 5.56 Å². The summed E-state index contributed by atoms with van der Waals surface area (Å²) in [5.41, 5.74) is 7.18. The normalized spacial score (nSPS) is 16.5. The highest BCUT2D eigenvalue weighted by Gasteiger charge is 2.40. The first-order chi connectivity index (χ1) is 9.12. The Morgan fingerprint density at radius 1 is 1.47 bits per heavy atom. The van der Waals surface area contributed by atoms with Gasteiger partial charge in [0.1, 0.15) is 0 Å². The lowest BCUT2D eigenvalue weighted by atomic mass is 10.0. The van der Waals surface area contributed by atoms with Crippen molar-refractivity contribution in [1.82, 2.24) is 9.97 Å². The molecule has 1 fully saturated rings. The van der Waals surface area contributed by atoms with Gasteiger partial charge in [0.05, 0.1) is 10.9 Å². The smallest absolute Gasteiger partial charge is 0.260 e. The van der Waals surface area contributed by atoms with Gasteiger partial charge in [-0.25, -0.2) is 4.98 Å². The van der Waals surface area contributed by atoms with Crippen LogP contribution in [0.2, 0.25) is 0 Å². The van der Waals surface area contributed by atoms with Crippen molar-refractivity contribution < 1.29 is 0 Å². The molecule has 1 aromatic carbocycles. The predicted octanol–water partition coefficient (Wildman–Crippen LogP) is 2.11. The maximum absolute atomic E-state index is 12.0. The number of H-pyrrole nitrogens is 1. The topological polar surface area (TPSA) is 83.8 Å². The minimum atomic E-state index is -0.152. The van der Waals surface area contributed by atoms with Crippen LogP contribution < -0.4 is 16.6 Å². The van der Waals surface area contributed by atoms with Crippen molar-refractivity contribution >= 4 is 22.5 Å². The number of fused-ring (bicyclic) bond motifs is 1. The minimum Gasteiger partial charge on any atom is -0.399 e. The zero-order valence-corrected chi connectivity index (χ0v) is 11.0. The van der Waals surface area contributed by atoms with E-state index in [4.69, 9.17) is 5.73 Å². The molecule has 5 heteroatoms. The summed E-state index contributed by atoms with van der Waals surface area (Å²) in [5, 5.41) is 3.78. The van der Waals surface area contributed by atoms with Crippen LogP contribution >= 0.6 is 0 Å². The summed E-state index contributed by atoms with van der Waals surface area (Å²) in [6, 6.07) is 5.18. The molecule has 3 rings (SSSR count). The van der Waals surface area contributed by atoms with Crippen molar-refractivity contribution in [2.75, 3.05) is 17.6 Å². The average molecular weight is 258 g/mol. The molecule has 0 aliphatic heterocycles. The maximum atomic E-state index is 12.0. The first-order valence-electron chi connectivity index (χ1n) is 6.65. The Morgan fingerprint density at radius 3 is 2.95 bits per heavy atom. The van der Waals surface area contributed by atoms with Crippen LogP contribution in [0.4, 0.5) is 11.6 Å². The van der Waals surface area contributed by atoms with Gasteiger partial charge in [0, 0.05) is 12.2 Å². The van der Waals surface area contributed by atoms with Crippen LogP contribution in [0.3, 0.4) is 0 Å². The molecule has 0 saturated heterocycles. The molecule has 0 bridgehead atoms. The lowest BCUT2D eigenvalue weighted by molar-refractivity contribution is 0.520. The van der Waals surface area contributed by atoms with Gasteiger partial charge in [0.2, 0.25) is 5.95 Å². The van der Waals surface area contributed by atoms with Gasteiger partial charge in [0.15, 0.2) is 0 Å². The second-order valence-corrected chi connectivity index (χ2v) is 5.40. The molecular weight excluding hydrogens is 240 g/mol. The lowest BCUT2D eigenvalue weighted by Gasteiger charge is -2.13. The monoisotopic (exact) mass is 258 g/mol. The summed E-state index contributed by atoms with van der Waals surface area (Å²) >= 11 is 0. The van der Waals surface area contributed by atoms with Crippen LogP contribution in [0, 0.1) is 5.41 Å². The second-order valence-electron chi connectivity index (χ2n) is 5.40. The lowest BCUT2D eigenvalue weighted by Crippen LogP contribution is -2.19. The second kappa shape index (κ2) is 4.26. The number of rotatable bonds is 4. The van der Waals surface area contributed by atoms with Crippen molar-refractivity contribution in [1.29, 1.82) is 0 Å². The molecule has 0 spiro atoms. The molecule has 1 aliphatic rings. The number of nitrogen functional groups attached to an aromatic ring is 1. The van der Waals surface area contributed by atoms with Crippen LogP contribution in [0.25, 0.3) is 10.9 Å². The van der Waals surface area contributed by atoms with Crippen molar-refractivity contribution in [3.8, 4) is 0 Å². The SMILES string of the molecule is CCC1(CNc2nc3ccc(N)cc3c(=O)[nH]2)CC1. The number of anilines is 2. The standard InChI is InChI=1S/C14H18N4O/c1-2-14(5-6-14)8-16-13-17-11-4-3-9(15)7-10(11)12(19)18-13/h3-4,7H,2,5-6,8,15H2,1H3,(H2,16,17,18,19). The van der Waals surface area contributed by atoms with Gasteiger partial charge >= 0.3 is 0 Å². The van der Waals surface area contributed by atoms with Gasteiger partial charge in [-0.1, -0.05) is 6.92 Å². The molecule has 0 radical (unpaired) electrons. The third-order valence-electron chi connectivity index (χ3n) is 4.07. The third-order valence-corrected chi connectivity index (χ3v) is 4.07. The molecule has 1 aromatic heterocycles. The van der Waals surface area contributed by atoms with Crippen molar-refractivity contribution in [3.05, 3.63) is 28.6 Å². The molecule has 4 N–H and O–H groups in total. The number of aromatic nitrogens is 2. The number of nitrogens with zero attached hydrogens (tertiary/aromatic N) is 1. The van der Waals surface area contributed by atoms with Gasteiger partial charge in [-0.2, -0.15) is 0 Å². The molecule has 2 aromatic rings. The van der Waals surface area contributed by atoms with Gasteiger partial charge in [-0.15, -0.1) is 0 Å². The van der Waals surface area contributed by atoms with E-state index in [0.717, 1.165) is 13.0 Å². The molecule has 19 heavy (non-hydrogen) atoms. The van der Waals surface area contributed by atoms with E-state index in [1.807, 2.05) is 0 Å². The van der Waals surface area contributed by atoms with E-state index in [0.29, 0.717) is 28.0 Å². The van der Waals surface area contributed by atoms with E-state index in [2.05, 4.69) is 22.2 Å². The predicted molar refractivity (Wildman–Crippen MR) is 77.2 cm³/mol. The van der Waals surface area contributed by atoms with Gasteiger partial charge < -0.3 is 11.1 Å². The fraction of sp³-hybridized carbons (Fsp3) is 0.429. The number of nitrogens with one attached hydrogen (secondary N) is 2. The van der Waals surface area contributed by atoms with Crippen molar-refractivity contribution in [3.63, 3.8) is 0 Å². The Kier molecular flexibility index (Phi) is 2.69. The molecule has 0 unspecified atom stereocenters. The number of nitrogens with two attached hydrogens (primary N) is 1. The Balaban J connectivity index is 1.89. The first-order valence-corrected chi connectivity index (χ1v) is 6.65. The van der Waals surface area contributed by atoms with E-state index in [1.54, 1.807) is 18.2 Å². The van der Waals surface area contributed by atoms with E-state index in [1.165, 1.54) is 12.8 Å². The number of benzene rings is 1. The van der Waals surface area contributed by atoms with E-state index >= 15 is 0 Å². The molecule has 100 valence electrons. The first kappa shape index (κ1) is 12.0. The fourth-order valence-electron chi connectivity index (χ4n) is 2.34. The highest BCUT2D eigenvalue weighted by molar-refractivity contribution is 5.81. The number of aromatic amines is 1. The summed E-state index contributed by atoms with van der Waals surface area (Å²) in [6.45, 7) is 3.07. The third kappa shape index (κ3) is 2.28. The summed E-state index contributed by atoms with van der Waals surface area (Å²) < 4.78 is 0. The highest BCUT2D eigenvalue weighted by Crippen LogP contribution is 2.48. The maximum Gasteiger partial charge on any atom is 0.260 e. The van der Waals surface area contributed by atoms with E-state index in [9.17, 15) is 4.79 Å². The van der Waals surface area contributed by atoms with Crippen molar-refractivity contribution in [2.24, 2.45) is 5.41 Å². The Morgan fingerprint density at radius 2 is 2.26 bits per heavy atom. The van der Waals surface area contributed by atoms with Gasteiger partial charge in [-0.3, -0.25) is 9.78 Å². The van der Waals surface area contributed by atoms with E-state index in [-0.39, 0.29) is 5.56 Å². The average Bonchev–Trinajstić information content (AvgIpc) is 3.18. The summed E-state index contributed by atoms with van der Waals surface area (Å²) in [6.07, 6.45) is 3.67. The van der Waals surface area contributed by atoms with Gasteiger partial charge in [-0.05, 0) is 42.9 Å². The van der Waals surface area contributed by atoms with E-state index < -0.39 is 0 Å². The summed E-state index contributed by atoms with van der Waals surface area (Å²) in [5.74, 6) is 0.544. The molecule has 1 saturated carbocycles. The Hall–Kier alpha value is -2.04. The number of hydrogen-bond acceptors (Lipinski definition) is 4.